The van der Waals surface area contributed by atoms with Gasteiger partial charge in [0.15, 0.2) is 44.0 Å². The molecule has 18 bridgehead atoms. The molecule has 21 rings (SSSR count). The van der Waals surface area contributed by atoms with Crippen LogP contribution >= 0.6 is 0 Å². The van der Waals surface area contributed by atoms with Crippen molar-refractivity contribution in [3.05, 3.63) is 30.6 Å². The number of ether oxygens (including phenoxy) is 14. The largest absolute Gasteiger partial charge is 0.394 e. The van der Waals surface area contributed by atoms with E-state index in [2.05, 4.69) is 20.2 Å². The molecule has 17 heterocycles. The molecule has 35 atom stereocenters. The minimum atomic E-state index is -2.19. The van der Waals surface area contributed by atoms with E-state index in [1.54, 1.807) is 23.1 Å². The molecule has 618 valence electrons. The third kappa shape index (κ3) is 17.5. The Bertz CT molecular complexity index is 3130. The zero-order valence-electron chi connectivity index (χ0n) is 60.2. The molecule has 4 saturated carbocycles. The molecule has 14 unspecified atom stereocenters. The van der Waals surface area contributed by atoms with Gasteiger partial charge in [0.1, 0.15) is 177 Å². The lowest BCUT2D eigenvalue weighted by Gasteiger charge is -2.57. The van der Waals surface area contributed by atoms with Gasteiger partial charge in [-0.25, -0.2) is 0 Å². The summed E-state index contributed by atoms with van der Waals surface area (Å²) in [4.78, 5) is 8.50. The van der Waals surface area contributed by atoms with Crippen LogP contribution in [-0.4, -0.2) is 414 Å². The highest BCUT2D eigenvalue weighted by Gasteiger charge is 2.61. The SMILES string of the molecule is OCC1O[C@H]2O[C@H]3C(CO)O[C@@H](O[C@H]4C5CN(CCCCCn6cc(-c7ccccn7)nn6)CCCCN(CCC67CC8CC(CC(C8)C6)C7)CC6O[C@@H](O[C@H]7C(CO)O[C@@H](O[C@@H]1C(O)[C@@H]2O)[C@@H](O)C7O)[C@@H](O)C(O)[C@H]6O[C@@H]1OC(CO)[C@H](O[C@@H]2OC(CO)[C@H](O[C@H](O5)[C@@H](O)C4O)C(O)[C@@H]2O)C(O)[C@@H]1O)[C@@H](O)C3O. The molecule has 19 N–H and O–H groups in total. The van der Waals surface area contributed by atoms with Crippen LogP contribution < -0.4 is 0 Å². The molecule has 2 aromatic heterocycles. The number of unbranched alkanes of at least 4 members (excludes halogenated alkanes) is 2. The molecular formula is C70H110N6O33. The Morgan fingerprint density at radius 2 is 0.688 bits per heavy atom. The molecular weight excluding hydrogens is 1450 g/mol. The predicted octanol–water partition coefficient (Wildman–Crippen LogP) is -8.69. The third-order valence-electron chi connectivity index (χ3n) is 24.4. The Morgan fingerprint density at radius 3 is 1.04 bits per heavy atom. The first-order valence-corrected chi connectivity index (χ1v) is 38.5. The van der Waals surface area contributed by atoms with E-state index >= 15 is 0 Å². The molecule has 4 aliphatic carbocycles. The molecule has 39 heteroatoms. The molecule has 0 spiro atoms. The Labute approximate surface area is 627 Å². The standard InChI is InChI=1S/C70H110N6O33/c77-25-37-58-46(86)53(93)67(100-37)107-61-40(28-80)99-66(52(92)45(61)85)104-57-36-24-75(15-9-70-19-30-16-31(20-70)18-32(17-30)21-70)13-7-6-12-74(11-4-1-5-14-76-22-34(72-73-76)33-8-2-3-10-71-33)23-35-56(42(82)49(89)63(96-35)105-58)103-65-51(91)44(84)60(39(27-79)98-65)108-69-55(95)48(88)62(41(29-81)102-69)109-68-54(94)47(87)59(38(26-78)101-68)106-64(97-36)50(90)43(57)83/h2-3,8,10,22,30-32,35-69,77-95H,1,4-7,9,11-21,23-29H2/t30?,31?,32?,35?,36?,37?,38?,39?,40?,41?,42?,43?,44?,45?,46?,47?,48?,49-,50-,51-,52-,53-,54-,55-,56-,57-,58-,59-,60-,61-,62-,63-,64-,65-,66-,67-,68-,69-,70?/m0/s1. The second-order valence-electron chi connectivity index (χ2n) is 31.9. The summed E-state index contributed by atoms with van der Waals surface area (Å²) in [5.41, 5.74) is 1.23. The Hall–Kier alpha value is -3.11. The molecule has 109 heavy (non-hydrogen) atoms. The lowest BCUT2D eigenvalue weighted by atomic mass is 9.49. The highest BCUT2D eigenvalue weighted by Crippen LogP contribution is 2.61. The normalized spacial score (nSPS) is 49.1. The van der Waals surface area contributed by atoms with Gasteiger partial charge in [-0.3, -0.25) is 9.67 Å². The molecule has 0 aromatic carbocycles. The van der Waals surface area contributed by atoms with Crippen LogP contribution in [0.2, 0.25) is 0 Å². The first-order chi connectivity index (χ1) is 52.5. The van der Waals surface area contributed by atoms with E-state index in [4.69, 9.17) is 66.3 Å². The summed E-state index contributed by atoms with van der Waals surface area (Å²) in [7, 11) is 0. The highest BCUT2D eigenvalue weighted by molar-refractivity contribution is 5.51. The number of aliphatic hydroxyl groups excluding tert-OH is 19. The van der Waals surface area contributed by atoms with E-state index in [1.165, 1.54) is 19.3 Å². The maximum absolute atomic E-state index is 12.6. The minimum Gasteiger partial charge on any atom is -0.394 e. The Balaban J connectivity index is 0.839. The summed E-state index contributed by atoms with van der Waals surface area (Å²) in [6.45, 7) is -3.49. The number of rotatable bonds is 15. The van der Waals surface area contributed by atoms with Gasteiger partial charge in [0.05, 0.1) is 44.9 Å². The summed E-state index contributed by atoms with van der Waals surface area (Å²) in [5.74, 6) is 1.73. The van der Waals surface area contributed by atoms with E-state index in [9.17, 15) is 97.0 Å². The number of nitrogens with zero attached hydrogens (tertiary/aromatic N) is 6. The fourth-order valence-electron chi connectivity index (χ4n) is 19.0. The molecule has 0 radical (unpaired) electrons. The molecule has 2 aromatic rings. The van der Waals surface area contributed by atoms with Crippen molar-refractivity contribution in [2.75, 3.05) is 72.3 Å². The van der Waals surface area contributed by atoms with Crippen molar-refractivity contribution in [3.63, 3.8) is 0 Å². The minimum absolute atomic E-state index is 0.00196. The molecule has 19 aliphatic rings. The highest BCUT2D eigenvalue weighted by atomic mass is 16.8. The quantitative estimate of drug-likeness (QED) is 0.0736. The van der Waals surface area contributed by atoms with Gasteiger partial charge >= 0.3 is 0 Å². The first kappa shape index (κ1) is 82.4. The Morgan fingerprint density at radius 1 is 0.358 bits per heavy atom. The second kappa shape index (κ2) is 35.8. The first-order valence-electron chi connectivity index (χ1n) is 38.5. The van der Waals surface area contributed by atoms with E-state index in [0.717, 1.165) is 25.7 Å². The number of aromatic nitrogens is 4. The van der Waals surface area contributed by atoms with Crippen LogP contribution in [0, 0.1) is 23.2 Å². The second-order valence-corrected chi connectivity index (χ2v) is 31.9. The van der Waals surface area contributed by atoms with E-state index in [-0.39, 0.29) is 25.0 Å². The fourth-order valence-corrected chi connectivity index (χ4v) is 19.0. The van der Waals surface area contributed by atoms with Crippen molar-refractivity contribution < 1.29 is 163 Å². The molecule has 39 nitrogen and oxygen atoms in total. The summed E-state index contributed by atoms with van der Waals surface area (Å²) in [6, 6.07) is 5.46. The average Bonchev–Trinajstić information content (AvgIpc) is 0.887. The molecule has 19 fully saturated rings. The monoisotopic (exact) mass is 1560 g/mol. The summed E-state index contributed by atoms with van der Waals surface area (Å²) in [5, 5.41) is 232. The lowest BCUT2D eigenvalue weighted by Crippen LogP contribution is -2.68. The van der Waals surface area contributed by atoms with Gasteiger partial charge in [-0.2, -0.15) is 0 Å². The number of aliphatic hydroxyl groups is 19. The number of pyridine rings is 1. The predicted molar refractivity (Wildman–Crippen MR) is 359 cm³/mol. The summed E-state index contributed by atoms with van der Waals surface area (Å²) in [6.07, 6.45) is -54.8. The Kier molecular flexibility index (Phi) is 27.1. The van der Waals surface area contributed by atoms with Crippen molar-refractivity contribution in [2.24, 2.45) is 23.2 Å². The molecule has 0 amide bonds. The van der Waals surface area contributed by atoms with Crippen molar-refractivity contribution in [1.82, 2.24) is 29.8 Å². The third-order valence-corrected chi connectivity index (χ3v) is 24.4. The van der Waals surface area contributed by atoms with Gasteiger partial charge in [0.25, 0.3) is 0 Å². The van der Waals surface area contributed by atoms with E-state index in [0.29, 0.717) is 87.4 Å². The van der Waals surface area contributed by atoms with Crippen LogP contribution in [-0.2, 0) is 72.9 Å². The van der Waals surface area contributed by atoms with Crippen molar-refractivity contribution in [1.29, 1.82) is 0 Å². The van der Waals surface area contributed by atoms with Crippen LogP contribution in [0.25, 0.3) is 11.4 Å². The lowest BCUT2D eigenvalue weighted by molar-refractivity contribution is -0.396. The van der Waals surface area contributed by atoms with E-state index in [1.807, 2.05) is 17.0 Å². The zero-order valence-corrected chi connectivity index (χ0v) is 60.2. The van der Waals surface area contributed by atoms with Gasteiger partial charge in [-0.15, -0.1) is 5.10 Å². The molecule has 15 aliphatic heterocycles. The fraction of sp³-hybridized carbons (Fsp3) is 0.900. The van der Waals surface area contributed by atoms with Crippen molar-refractivity contribution in [3.8, 4) is 11.4 Å². The van der Waals surface area contributed by atoms with Crippen LogP contribution in [0.1, 0.15) is 77.0 Å². The van der Waals surface area contributed by atoms with Gasteiger partial charge in [0.2, 0.25) is 0 Å². The molecule has 15 saturated heterocycles. The van der Waals surface area contributed by atoms with Crippen LogP contribution in [0.15, 0.2) is 30.6 Å². The number of fused-ring (bicyclic) bond motifs is 3. The summed E-state index contributed by atoms with van der Waals surface area (Å²) >= 11 is 0. The smallest absolute Gasteiger partial charge is 0.187 e. The maximum Gasteiger partial charge on any atom is 0.187 e. The number of hydrogen-bond donors (Lipinski definition) is 19. The van der Waals surface area contributed by atoms with Crippen molar-refractivity contribution >= 4 is 0 Å². The number of aryl methyl sites for hydroxylation is 1. The maximum atomic E-state index is 12.6. The zero-order chi connectivity index (χ0) is 76.9. The van der Waals surface area contributed by atoms with Crippen LogP contribution in [0.3, 0.4) is 0 Å². The van der Waals surface area contributed by atoms with Gasteiger partial charge < -0.3 is 173 Å². The van der Waals surface area contributed by atoms with Crippen LogP contribution in [0.5, 0.6) is 0 Å². The van der Waals surface area contributed by atoms with E-state index < -0.39 is 248 Å². The van der Waals surface area contributed by atoms with Crippen molar-refractivity contribution in [2.45, 2.75) is 299 Å². The van der Waals surface area contributed by atoms with Crippen LogP contribution in [0.4, 0.5) is 0 Å². The number of hydrogen-bond acceptors (Lipinski definition) is 38. The average molecular weight is 1560 g/mol. The summed E-state index contributed by atoms with van der Waals surface area (Å²) < 4.78 is 88.7. The van der Waals surface area contributed by atoms with Gasteiger partial charge in [0, 0.05) is 25.8 Å². The topological polar surface area (TPSA) is 564 Å². The van der Waals surface area contributed by atoms with Gasteiger partial charge in [-0.05, 0) is 132 Å². The van der Waals surface area contributed by atoms with Gasteiger partial charge in [-0.1, -0.05) is 17.7 Å².